The predicted octanol–water partition coefficient (Wildman–Crippen LogP) is 2.85. The summed E-state index contributed by atoms with van der Waals surface area (Å²) in [6, 6.07) is 7.73. The number of hydrogen-bond donors (Lipinski definition) is 2. The van der Waals surface area contributed by atoms with Gasteiger partial charge in [-0.1, -0.05) is 30.7 Å². The van der Waals surface area contributed by atoms with Crippen molar-refractivity contribution in [2.75, 3.05) is 18.4 Å². The second-order valence-electron chi connectivity index (χ2n) is 4.29. The Labute approximate surface area is 118 Å². The molecule has 0 bridgehead atoms. The lowest BCUT2D eigenvalue weighted by Gasteiger charge is -2.10. The van der Waals surface area contributed by atoms with Crippen molar-refractivity contribution < 1.29 is 0 Å². The van der Waals surface area contributed by atoms with Gasteiger partial charge in [-0.2, -0.15) is 5.10 Å². The zero-order valence-electron chi connectivity index (χ0n) is 11.1. The lowest BCUT2D eigenvalue weighted by atomic mass is 10.2. The Hall–Kier alpha value is -1.52. The minimum absolute atomic E-state index is 0.688. The smallest absolute Gasteiger partial charge is 0.0835 e. The van der Waals surface area contributed by atoms with Gasteiger partial charge in [-0.3, -0.25) is 0 Å². The fourth-order valence-corrected chi connectivity index (χ4v) is 2.23. The Bertz CT molecular complexity index is 536. The monoisotopic (exact) mass is 278 g/mol. The van der Waals surface area contributed by atoms with E-state index in [9.17, 15) is 0 Å². The van der Waals surface area contributed by atoms with Crippen molar-refractivity contribution in [3.63, 3.8) is 0 Å². The van der Waals surface area contributed by atoms with Gasteiger partial charge in [0.05, 0.1) is 28.3 Å². The van der Waals surface area contributed by atoms with Gasteiger partial charge in [-0.25, -0.2) is 4.68 Å². The summed E-state index contributed by atoms with van der Waals surface area (Å²) in [7, 11) is 0. The molecule has 3 N–H and O–H groups in total. The highest BCUT2D eigenvalue weighted by Gasteiger charge is 2.12. The minimum atomic E-state index is 0.688. The standard InChI is InChI=1S/C14H19ClN4/c1-2-13-12(17-9-5-8-16)10-18-19(13)14-7-4-3-6-11(14)15/h3-4,6-7,10,17H,2,5,8-9,16H2,1H3. The average Bonchev–Trinajstić information content (AvgIpc) is 2.82. The highest BCUT2D eigenvalue weighted by atomic mass is 35.5. The van der Waals surface area contributed by atoms with Crippen molar-refractivity contribution in [3.05, 3.63) is 41.2 Å². The van der Waals surface area contributed by atoms with Crippen molar-refractivity contribution >= 4 is 17.3 Å². The molecule has 1 aromatic heterocycles. The molecule has 0 aliphatic heterocycles. The Morgan fingerprint density at radius 1 is 1.37 bits per heavy atom. The third-order valence-corrected chi connectivity index (χ3v) is 3.30. The maximum Gasteiger partial charge on any atom is 0.0835 e. The van der Waals surface area contributed by atoms with Crippen LogP contribution in [0.15, 0.2) is 30.5 Å². The molecule has 0 fully saturated rings. The van der Waals surface area contributed by atoms with Gasteiger partial charge in [0.25, 0.3) is 0 Å². The maximum atomic E-state index is 6.23. The van der Waals surface area contributed by atoms with Crippen LogP contribution in [0.5, 0.6) is 0 Å². The lowest BCUT2D eigenvalue weighted by Crippen LogP contribution is -2.10. The van der Waals surface area contributed by atoms with E-state index in [0.717, 1.165) is 36.5 Å². The number of nitrogens with two attached hydrogens (primary N) is 1. The highest BCUT2D eigenvalue weighted by molar-refractivity contribution is 6.32. The average molecular weight is 279 g/mol. The summed E-state index contributed by atoms with van der Waals surface area (Å²) in [5.74, 6) is 0. The van der Waals surface area contributed by atoms with E-state index in [1.54, 1.807) is 0 Å². The first-order chi connectivity index (χ1) is 9.27. The van der Waals surface area contributed by atoms with E-state index in [0.29, 0.717) is 11.6 Å². The number of para-hydroxylation sites is 1. The number of nitrogens with one attached hydrogen (secondary N) is 1. The molecular formula is C14H19ClN4. The zero-order valence-corrected chi connectivity index (χ0v) is 11.8. The van der Waals surface area contributed by atoms with Gasteiger partial charge in [0.1, 0.15) is 0 Å². The molecule has 1 heterocycles. The molecular weight excluding hydrogens is 260 g/mol. The van der Waals surface area contributed by atoms with Gasteiger partial charge in [0, 0.05) is 6.54 Å². The molecule has 5 heteroatoms. The van der Waals surface area contributed by atoms with Crippen molar-refractivity contribution in [2.24, 2.45) is 5.73 Å². The van der Waals surface area contributed by atoms with E-state index in [-0.39, 0.29) is 0 Å². The first-order valence-electron chi connectivity index (χ1n) is 6.53. The highest BCUT2D eigenvalue weighted by Crippen LogP contribution is 2.24. The van der Waals surface area contributed by atoms with E-state index in [4.69, 9.17) is 17.3 Å². The summed E-state index contributed by atoms with van der Waals surface area (Å²) in [5.41, 5.74) is 8.59. The molecule has 0 radical (unpaired) electrons. The maximum absolute atomic E-state index is 6.23. The van der Waals surface area contributed by atoms with Crippen LogP contribution in [0.1, 0.15) is 19.0 Å². The third kappa shape index (κ3) is 3.08. The molecule has 0 aliphatic rings. The van der Waals surface area contributed by atoms with Crippen molar-refractivity contribution in [2.45, 2.75) is 19.8 Å². The van der Waals surface area contributed by atoms with Crippen LogP contribution in [0.3, 0.4) is 0 Å². The number of anilines is 1. The molecule has 2 aromatic rings. The summed E-state index contributed by atoms with van der Waals surface area (Å²) < 4.78 is 1.90. The van der Waals surface area contributed by atoms with E-state index in [1.165, 1.54) is 0 Å². The van der Waals surface area contributed by atoms with Gasteiger partial charge < -0.3 is 11.1 Å². The molecule has 2 rings (SSSR count). The van der Waals surface area contributed by atoms with Crippen LogP contribution in [0.4, 0.5) is 5.69 Å². The second-order valence-corrected chi connectivity index (χ2v) is 4.70. The van der Waals surface area contributed by atoms with Gasteiger partial charge >= 0.3 is 0 Å². The van der Waals surface area contributed by atoms with Crippen LogP contribution < -0.4 is 11.1 Å². The molecule has 0 unspecified atom stereocenters. The van der Waals surface area contributed by atoms with Crippen LogP contribution in [0.2, 0.25) is 5.02 Å². The molecule has 0 atom stereocenters. The summed E-state index contributed by atoms with van der Waals surface area (Å²) in [4.78, 5) is 0. The van der Waals surface area contributed by atoms with Gasteiger partial charge in [-0.15, -0.1) is 0 Å². The Morgan fingerprint density at radius 3 is 2.84 bits per heavy atom. The van der Waals surface area contributed by atoms with E-state index < -0.39 is 0 Å². The fourth-order valence-electron chi connectivity index (χ4n) is 2.02. The van der Waals surface area contributed by atoms with Gasteiger partial charge in [-0.05, 0) is 31.5 Å². The molecule has 1 aromatic carbocycles. The quantitative estimate of drug-likeness (QED) is 0.799. The van der Waals surface area contributed by atoms with Crippen molar-refractivity contribution in [3.8, 4) is 5.69 Å². The number of hydrogen-bond acceptors (Lipinski definition) is 3. The second kappa shape index (κ2) is 6.59. The number of aromatic nitrogens is 2. The first kappa shape index (κ1) is 13.9. The molecule has 4 nitrogen and oxygen atoms in total. The van der Waals surface area contributed by atoms with Crippen molar-refractivity contribution in [1.29, 1.82) is 0 Å². The largest absolute Gasteiger partial charge is 0.382 e. The van der Waals surface area contributed by atoms with Crippen LogP contribution in [0.25, 0.3) is 5.69 Å². The zero-order chi connectivity index (χ0) is 13.7. The van der Waals surface area contributed by atoms with Crippen LogP contribution in [0, 0.1) is 0 Å². The number of rotatable bonds is 6. The molecule has 0 saturated carbocycles. The molecule has 0 aliphatic carbocycles. The van der Waals surface area contributed by atoms with Crippen LogP contribution in [-0.2, 0) is 6.42 Å². The normalized spacial score (nSPS) is 10.7. The fraction of sp³-hybridized carbons (Fsp3) is 0.357. The minimum Gasteiger partial charge on any atom is -0.382 e. The summed E-state index contributed by atoms with van der Waals surface area (Å²) in [6.45, 7) is 3.66. The van der Waals surface area contributed by atoms with Gasteiger partial charge in [0.15, 0.2) is 0 Å². The Morgan fingerprint density at radius 2 is 2.16 bits per heavy atom. The molecule has 102 valence electrons. The number of nitrogens with zero attached hydrogens (tertiary/aromatic N) is 2. The lowest BCUT2D eigenvalue weighted by molar-refractivity contribution is 0.813. The molecule has 19 heavy (non-hydrogen) atoms. The predicted molar refractivity (Wildman–Crippen MR) is 80.1 cm³/mol. The molecule has 0 amide bonds. The van der Waals surface area contributed by atoms with Crippen molar-refractivity contribution in [1.82, 2.24) is 9.78 Å². The van der Waals surface area contributed by atoms with E-state index in [2.05, 4.69) is 17.3 Å². The molecule has 0 saturated heterocycles. The SMILES string of the molecule is CCc1c(NCCCN)cnn1-c1ccccc1Cl. The first-order valence-corrected chi connectivity index (χ1v) is 6.91. The summed E-state index contributed by atoms with van der Waals surface area (Å²) in [6.07, 6.45) is 3.68. The van der Waals surface area contributed by atoms with Gasteiger partial charge in [0.2, 0.25) is 0 Å². The summed E-state index contributed by atoms with van der Waals surface area (Å²) >= 11 is 6.23. The van der Waals surface area contributed by atoms with Crippen LogP contribution >= 0.6 is 11.6 Å². The third-order valence-electron chi connectivity index (χ3n) is 2.98. The number of halogens is 1. The van der Waals surface area contributed by atoms with E-state index >= 15 is 0 Å². The Balaban J connectivity index is 2.29. The number of benzene rings is 1. The van der Waals surface area contributed by atoms with E-state index in [1.807, 2.05) is 35.1 Å². The molecule has 0 spiro atoms. The summed E-state index contributed by atoms with van der Waals surface area (Å²) in [5, 5.41) is 8.51. The Kier molecular flexibility index (Phi) is 4.82. The van der Waals surface area contributed by atoms with Crippen LogP contribution in [-0.4, -0.2) is 22.9 Å². The topological polar surface area (TPSA) is 55.9 Å².